The normalized spacial score (nSPS) is 12.3. The van der Waals surface area contributed by atoms with Crippen molar-refractivity contribution in [3.05, 3.63) is 62.2 Å². The van der Waals surface area contributed by atoms with E-state index >= 15 is 0 Å². The zero-order valence-electron chi connectivity index (χ0n) is 17.2. The van der Waals surface area contributed by atoms with Crippen LogP contribution in [0.15, 0.2) is 33.5 Å². The number of ketones is 1. The number of halogens is 1. The number of methoxy groups -OCH3 is 1. The number of aromatic nitrogens is 1. The van der Waals surface area contributed by atoms with Crippen LogP contribution in [0.1, 0.15) is 40.3 Å². The third kappa shape index (κ3) is 4.23. The second-order valence-corrected chi connectivity index (χ2v) is 7.61. The van der Waals surface area contributed by atoms with Crippen LogP contribution in [0.2, 0.25) is 5.02 Å². The average molecular weight is 418 g/mol. The molecule has 0 bridgehead atoms. The number of carbonyl (C=O) groups is 1. The summed E-state index contributed by atoms with van der Waals surface area (Å²) < 4.78 is 18.2. The molecule has 154 valence electrons. The summed E-state index contributed by atoms with van der Waals surface area (Å²) >= 11 is 6.31. The molecule has 0 fully saturated rings. The highest BCUT2D eigenvalue weighted by Gasteiger charge is 2.20. The Hall–Kier alpha value is -2.57. The van der Waals surface area contributed by atoms with E-state index in [0.29, 0.717) is 28.5 Å². The summed E-state index contributed by atoms with van der Waals surface area (Å²) in [5, 5.41) is 1.07. The predicted octanol–water partition coefficient (Wildman–Crippen LogP) is 4.64. The summed E-state index contributed by atoms with van der Waals surface area (Å²) in [6.45, 7) is 8.09. The van der Waals surface area contributed by atoms with Crippen molar-refractivity contribution in [1.29, 1.82) is 0 Å². The van der Waals surface area contributed by atoms with Crippen molar-refractivity contribution < 1.29 is 18.7 Å². The molecule has 2 heterocycles. The monoisotopic (exact) mass is 417 g/mol. The van der Waals surface area contributed by atoms with Gasteiger partial charge in [-0.05, 0) is 45.4 Å². The van der Waals surface area contributed by atoms with E-state index in [4.69, 9.17) is 25.5 Å². The molecule has 6 nitrogen and oxygen atoms in total. The van der Waals surface area contributed by atoms with E-state index in [0.717, 1.165) is 22.3 Å². The largest absolute Gasteiger partial charge is 0.484 e. The molecular weight excluding hydrogens is 394 g/mol. The van der Waals surface area contributed by atoms with Crippen LogP contribution in [0.5, 0.6) is 5.75 Å². The van der Waals surface area contributed by atoms with Gasteiger partial charge in [0.15, 0.2) is 6.61 Å². The maximum absolute atomic E-state index is 12.8. The molecule has 0 amide bonds. The number of rotatable bonds is 7. The van der Waals surface area contributed by atoms with Gasteiger partial charge in [-0.15, -0.1) is 0 Å². The van der Waals surface area contributed by atoms with Gasteiger partial charge in [-0.2, -0.15) is 0 Å². The minimum atomic E-state index is -0.447. The second kappa shape index (κ2) is 8.43. The maximum atomic E-state index is 12.8. The van der Waals surface area contributed by atoms with Gasteiger partial charge in [-0.1, -0.05) is 11.6 Å². The first-order valence-electron chi connectivity index (χ1n) is 9.30. The van der Waals surface area contributed by atoms with E-state index in [9.17, 15) is 9.59 Å². The number of Topliss-reactive ketones (excluding diaryl/α,β-unsaturated/α-hetero) is 1. The van der Waals surface area contributed by atoms with E-state index in [1.165, 1.54) is 6.07 Å². The molecule has 0 aliphatic heterocycles. The van der Waals surface area contributed by atoms with Gasteiger partial charge in [0.25, 0.3) is 0 Å². The van der Waals surface area contributed by atoms with Gasteiger partial charge in [-0.25, -0.2) is 4.79 Å². The first kappa shape index (κ1) is 21.1. The lowest BCUT2D eigenvalue weighted by molar-refractivity contribution is 0.0920. The molecule has 0 radical (unpaired) electrons. The number of aryl methyl sites for hydroxylation is 2. The van der Waals surface area contributed by atoms with Crippen molar-refractivity contribution in [1.82, 2.24) is 4.57 Å². The number of fused-ring (bicyclic) bond motifs is 1. The van der Waals surface area contributed by atoms with Crippen molar-refractivity contribution in [2.45, 2.75) is 33.7 Å². The Morgan fingerprint density at radius 2 is 1.93 bits per heavy atom. The lowest BCUT2D eigenvalue weighted by Crippen LogP contribution is -2.16. The Balaban J connectivity index is 1.83. The number of hydrogen-bond acceptors (Lipinski definition) is 5. The van der Waals surface area contributed by atoms with E-state index in [1.54, 1.807) is 26.2 Å². The van der Waals surface area contributed by atoms with Gasteiger partial charge in [0.2, 0.25) is 5.78 Å². The standard InChI is InChI=1S/C22H24ClNO5/c1-12-6-22(26)29-20-9-21(18(23)8-16(12)20)28-11-19(25)17-7-13(2)24(15(17)4)14(3)10-27-5/h6-9,14H,10-11H2,1-5H3. The van der Waals surface area contributed by atoms with Crippen molar-refractivity contribution >= 4 is 28.4 Å². The molecule has 3 rings (SSSR count). The Morgan fingerprint density at radius 3 is 2.62 bits per heavy atom. The highest BCUT2D eigenvalue weighted by atomic mass is 35.5. The second-order valence-electron chi connectivity index (χ2n) is 7.20. The fourth-order valence-electron chi connectivity index (χ4n) is 3.70. The third-order valence-electron chi connectivity index (χ3n) is 5.00. The topological polar surface area (TPSA) is 70.7 Å². The Bertz CT molecular complexity index is 1130. The molecule has 1 atom stereocenters. The van der Waals surface area contributed by atoms with Gasteiger partial charge in [-0.3, -0.25) is 4.79 Å². The van der Waals surface area contributed by atoms with Gasteiger partial charge in [0.05, 0.1) is 17.7 Å². The quantitative estimate of drug-likeness (QED) is 0.413. The van der Waals surface area contributed by atoms with Crippen molar-refractivity contribution in [2.75, 3.05) is 20.3 Å². The van der Waals surface area contributed by atoms with E-state index in [-0.39, 0.29) is 18.4 Å². The Kier molecular flexibility index (Phi) is 6.15. The van der Waals surface area contributed by atoms with Crippen LogP contribution in [-0.2, 0) is 4.74 Å². The molecule has 2 aromatic heterocycles. The molecule has 7 heteroatoms. The summed E-state index contributed by atoms with van der Waals surface area (Å²) in [5.41, 5.74) is 3.14. The molecular formula is C22H24ClNO5. The first-order chi connectivity index (χ1) is 13.7. The van der Waals surface area contributed by atoms with Crippen LogP contribution in [0, 0.1) is 20.8 Å². The molecule has 0 N–H and O–H groups in total. The minimum Gasteiger partial charge on any atom is -0.484 e. The summed E-state index contributed by atoms with van der Waals surface area (Å²) in [5.74, 6) is 0.138. The van der Waals surface area contributed by atoms with Crippen LogP contribution < -0.4 is 10.4 Å². The number of carbonyl (C=O) groups excluding carboxylic acids is 1. The zero-order chi connectivity index (χ0) is 21.3. The zero-order valence-corrected chi connectivity index (χ0v) is 17.9. The molecule has 0 aliphatic carbocycles. The Labute approximate surface area is 174 Å². The SMILES string of the molecule is COCC(C)n1c(C)cc(C(=O)COc2cc3oc(=O)cc(C)c3cc2Cl)c1C. The fraction of sp³-hybridized carbons (Fsp3) is 0.364. The highest BCUT2D eigenvalue weighted by molar-refractivity contribution is 6.32. The summed E-state index contributed by atoms with van der Waals surface area (Å²) in [4.78, 5) is 24.4. The lowest BCUT2D eigenvalue weighted by atomic mass is 10.1. The van der Waals surface area contributed by atoms with Crippen LogP contribution in [0.4, 0.5) is 0 Å². The van der Waals surface area contributed by atoms with Crippen LogP contribution in [-0.4, -0.2) is 30.7 Å². The van der Waals surface area contributed by atoms with E-state index in [1.807, 2.05) is 26.8 Å². The number of nitrogens with zero attached hydrogens (tertiary/aromatic N) is 1. The van der Waals surface area contributed by atoms with Gasteiger partial charge >= 0.3 is 5.63 Å². The molecule has 1 unspecified atom stereocenters. The number of ether oxygens (including phenoxy) is 2. The van der Waals surface area contributed by atoms with Crippen LogP contribution in [0.3, 0.4) is 0 Å². The van der Waals surface area contributed by atoms with Gasteiger partial charge in [0, 0.05) is 41.6 Å². The predicted molar refractivity (Wildman–Crippen MR) is 113 cm³/mol. The third-order valence-corrected chi connectivity index (χ3v) is 5.29. The number of hydrogen-bond donors (Lipinski definition) is 0. The highest BCUT2D eigenvalue weighted by Crippen LogP contribution is 2.31. The molecule has 0 aliphatic rings. The van der Waals surface area contributed by atoms with Gasteiger partial charge in [0.1, 0.15) is 11.3 Å². The van der Waals surface area contributed by atoms with E-state index < -0.39 is 5.63 Å². The molecule has 0 spiro atoms. The minimum absolute atomic E-state index is 0.114. The smallest absolute Gasteiger partial charge is 0.336 e. The molecule has 1 aromatic carbocycles. The van der Waals surface area contributed by atoms with Crippen LogP contribution in [0.25, 0.3) is 11.0 Å². The van der Waals surface area contributed by atoms with Crippen LogP contribution >= 0.6 is 11.6 Å². The maximum Gasteiger partial charge on any atom is 0.336 e. The van der Waals surface area contributed by atoms with Gasteiger partial charge < -0.3 is 18.5 Å². The lowest BCUT2D eigenvalue weighted by Gasteiger charge is -2.17. The summed E-state index contributed by atoms with van der Waals surface area (Å²) in [7, 11) is 1.65. The molecule has 3 aromatic rings. The molecule has 29 heavy (non-hydrogen) atoms. The summed E-state index contributed by atoms with van der Waals surface area (Å²) in [6, 6.07) is 6.60. The molecule has 0 saturated carbocycles. The van der Waals surface area contributed by atoms with E-state index in [2.05, 4.69) is 4.57 Å². The average Bonchev–Trinajstić information content (AvgIpc) is 2.95. The number of benzene rings is 1. The molecule has 0 saturated heterocycles. The van der Waals surface area contributed by atoms with Crippen molar-refractivity contribution in [2.24, 2.45) is 0 Å². The van der Waals surface area contributed by atoms with Crippen molar-refractivity contribution in [3.8, 4) is 5.75 Å². The summed E-state index contributed by atoms with van der Waals surface area (Å²) in [6.07, 6.45) is 0. The Morgan fingerprint density at radius 1 is 1.21 bits per heavy atom. The first-order valence-corrected chi connectivity index (χ1v) is 9.68. The van der Waals surface area contributed by atoms with Crippen molar-refractivity contribution in [3.63, 3.8) is 0 Å². The fourth-order valence-corrected chi connectivity index (χ4v) is 3.92.